The van der Waals surface area contributed by atoms with Gasteiger partial charge in [0.15, 0.2) is 5.13 Å². The van der Waals surface area contributed by atoms with E-state index >= 15 is 0 Å². The maximum atomic E-state index is 12.0. The number of carboxylic acid groups (broad SMARTS) is 1. The van der Waals surface area contributed by atoms with Gasteiger partial charge >= 0.3 is 12.0 Å². The van der Waals surface area contributed by atoms with Crippen LogP contribution >= 0.6 is 11.3 Å². The molecule has 0 radical (unpaired) electrons. The van der Waals surface area contributed by atoms with E-state index in [1.807, 2.05) is 37.3 Å². The molecule has 1 aliphatic heterocycles. The van der Waals surface area contributed by atoms with Gasteiger partial charge < -0.3 is 15.7 Å². The molecule has 2 amide bonds. The maximum absolute atomic E-state index is 12.0. The van der Waals surface area contributed by atoms with E-state index in [1.54, 1.807) is 30.4 Å². The topological polar surface area (TPSA) is 138 Å². The van der Waals surface area contributed by atoms with Gasteiger partial charge in [-0.2, -0.15) is 0 Å². The van der Waals surface area contributed by atoms with Gasteiger partial charge in [-0.3, -0.25) is 9.88 Å². The Hall–Kier alpha value is -4.12. The van der Waals surface area contributed by atoms with E-state index in [0.29, 0.717) is 36.1 Å². The number of rotatable bonds is 6. The number of hydrogen-bond donors (Lipinski definition) is 2. The van der Waals surface area contributed by atoms with Gasteiger partial charge in [-0.15, -0.1) is 0 Å². The highest BCUT2D eigenvalue weighted by Gasteiger charge is 2.42. The van der Waals surface area contributed by atoms with Crippen LogP contribution in [0.25, 0.3) is 32.6 Å². The van der Waals surface area contributed by atoms with Crippen molar-refractivity contribution >= 4 is 44.6 Å². The Morgan fingerprint density at radius 2 is 1.95 bits per heavy atom. The molecule has 0 aliphatic carbocycles. The number of piperidine rings is 1. The number of hydrogen-bond acceptors (Lipinski definition) is 8. The van der Waals surface area contributed by atoms with Crippen molar-refractivity contribution in [2.45, 2.75) is 38.6 Å². The van der Waals surface area contributed by atoms with Crippen molar-refractivity contribution in [3.05, 3.63) is 48.9 Å². The molecule has 3 N–H and O–H groups in total. The second-order valence-electron chi connectivity index (χ2n) is 9.13. The minimum atomic E-state index is -1.03. The number of thiazole rings is 1. The van der Waals surface area contributed by atoms with Crippen LogP contribution in [-0.4, -0.2) is 55.7 Å². The molecule has 1 atom stereocenters. The number of amides is 2. The zero-order chi connectivity index (χ0) is 26.2. The molecule has 1 saturated heterocycles. The van der Waals surface area contributed by atoms with E-state index in [1.165, 1.54) is 16.2 Å². The lowest BCUT2D eigenvalue weighted by molar-refractivity contribution is -0.143. The van der Waals surface area contributed by atoms with Crippen molar-refractivity contribution in [1.29, 1.82) is 0 Å². The first-order valence-corrected chi connectivity index (χ1v) is 12.9. The van der Waals surface area contributed by atoms with Crippen LogP contribution < -0.4 is 15.5 Å². The number of carbonyl (C=O) groups is 2. The lowest BCUT2D eigenvalue weighted by Crippen LogP contribution is -2.56. The van der Waals surface area contributed by atoms with E-state index in [4.69, 9.17) is 10.7 Å². The Balaban J connectivity index is 1.59. The monoisotopic (exact) mass is 517 g/mol. The van der Waals surface area contributed by atoms with Crippen molar-refractivity contribution in [3.8, 4) is 22.4 Å². The molecule has 4 heterocycles. The highest BCUT2D eigenvalue weighted by Crippen LogP contribution is 2.39. The molecule has 1 aromatic carbocycles. The average molecular weight is 518 g/mol. The van der Waals surface area contributed by atoms with E-state index in [0.717, 1.165) is 39.9 Å². The maximum Gasteiger partial charge on any atom is 0.329 e. The van der Waals surface area contributed by atoms with Crippen molar-refractivity contribution in [2.24, 2.45) is 5.73 Å². The minimum absolute atomic E-state index is 0.398. The van der Waals surface area contributed by atoms with Gasteiger partial charge in [0.05, 0.1) is 15.9 Å². The number of nitrogens with zero attached hydrogens (tertiary/aromatic N) is 6. The van der Waals surface area contributed by atoms with Crippen LogP contribution in [0.1, 0.15) is 33.1 Å². The average Bonchev–Trinajstić information content (AvgIpc) is 3.32. The fourth-order valence-corrected chi connectivity index (χ4v) is 5.81. The highest BCUT2D eigenvalue weighted by atomic mass is 32.1. The summed E-state index contributed by atoms with van der Waals surface area (Å²) in [5.74, 6) is -0.475. The summed E-state index contributed by atoms with van der Waals surface area (Å²) in [6, 6.07) is 9.07. The first kappa shape index (κ1) is 24.6. The Labute approximate surface area is 217 Å². The normalized spacial score (nSPS) is 17.6. The van der Waals surface area contributed by atoms with E-state index in [2.05, 4.69) is 15.0 Å². The standard InChI is InChI=1S/C26H27N7O3S/c1-3-32(23(27)36)25-31-20-13-16(12-18(21(20)37-25)19-8-4-6-10-28-19)17-14-29-24(30-15-17)33-11-7-5-9-26(33,2)22(34)35/h4,6,8,10,12-15H,3,5,7,9,11H2,1-2H3,(H2,27,36)(H,34,35). The number of anilines is 2. The number of pyridine rings is 1. The number of carbonyl (C=O) groups excluding carboxylic acids is 1. The third-order valence-corrected chi connectivity index (χ3v) is 7.92. The van der Waals surface area contributed by atoms with E-state index in [9.17, 15) is 14.7 Å². The number of aromatic nitrogens is 4. The molecule has 1 fully saturated rings. The SMILES string of the molecule is CCN(C(N)=O)c1nc2cc(-c3cnc(N4CCCCC4(C)C(=O)O)nc3)cc(-c3ccccn3)c2s1. The molecule has 3 aromatic heterocycles. The van der Waals surface area contributed by atoms with E-state index in [-0.39, 0.29) is 0 Å². The number of benzene rings is 1. The quantitative estimate of drug-likeness (QED) is 0.380. The number of aliphatic carboxylic acids is 1. The molecule has 1 aliphatic rings. The van der Waals surface area contributed by atoms with Crippen LogP contribution in [0.3, 0.4) is 0 Å². The molecular weight excluding hydrogens is 490 g/mol. The molecule has 11 heteroatoms. The number of urea groups is 1. The molecule has 4 aromatic rings. The second-order valence-corrected chi connectivity index (χ2v) is 10.1. The molecular formula is C26H27N7O3S. The zero-order valence-corrected chi connectivity index (χ0v) is 21.4. The Bertz CT molecular complexity index is 1460. The van der Waals surface area contributed by atoms with Crippen LogP contribution in [0.5, 0.6) is 0 Å². The predicted octanol–water partition coefficient (Wildman–Crippen LogP) is 4.55. The van der Waals surface area contributed by atoms with Gasteiger partial charge in [0.2, 0.25) is 5.95 Å². The largest absolute Gasteiger partial charge is 0.480 e. The Kier molecular flexibility index (Phi) is 6.46. The molecule has 0 spiro atoms. The highest BCUT2D eigenvalue weighted by molar-refractivity contribution is 7.23. The third-order valence-electron chi connectivity index (χ3n) is 6.80. The van der Waals surface area contributed by atoms with Crippen LogP contribution in [0, 0.1) is 0 Å². The fourth-order valence-electron chi connectivity index (χ4n) is 4.67. The smallest absolute Gasteiger partial charge is 0.329 e. The molecule has 37 heavy (non-hydrogen) atoms. The zero-order valence-electron chi connectivity index (χ0n) is 20.6. The molecule has 10 nitrogen and oxygen atoms in total. The molecule has 0 saturated carbocycles. The first-order valence-electron chi connectivity index (χ1n) is 12.1. The van der Waals surface area contributed by atoms with Gasteiger partial charge in [0.25, 0.3) is 0 Å². The number of primary amides is 1. The van der Waals surface area contributed by atoms with Crippen LogP contribution in [0.4, 0.5) is 15.9 Å². The lowest BCUT2D eigenvalue weighted by Gasteiger charge is -2.41. The molecule has 190 valence electrons. The summed E-state index contributed by atoms with van der Waals surface area (Å²) < 4.78 is 0.889. The number of carboxylic acids is 1. The summed E-state index contributed by atoms with van der Waals surface area (Å²) >= 11 is 1.39. The van der Waals surface area contributed by atoms with Gasteiger partial charge in [0, 0.05) is 42.8 Å². The van der Waals surface area contributed by atoms with E-state index < -0.39 is 17.5 Å². The minimum Gasteiger partial charge on any atom is -0.480 e. The number of nitrogens with two attached hydrogens (primary N) is 1. The summed E-state index contributed by atoms with van der Waals surface area (Å²) in [6.45, 7) is 4.57. The van der Waals surface area contributed by atoms with Crippen molar-refractivity contribution in [2.75, 3.05) is 22.9 Å². The Morgan fingerprint density at radius 3 is 2.59 bits per heavy atom. The summed E-state index contributed by atoms with van der Waals surface area (Å²) in [4.78, 5) is 45.5. The van der Waals surface area contributed by atoms with Crippen molar-refractivity contribution in [1.82, 2.24) is 19.9 Å². The van der Waals surface area contributed by atoms with Crippen LogP contribution in [0.15, 0.2) is 48.9 Å². The van der Waals surface area contributed by atoms with Gasteiger partial charge in [-0.05, 0) is 62.9 Å². The predicted molar refractivity (Wildman–Crippen MR) is 144 cm³/mol. The van der Waals surface area contributed by atoms with Gasteiger partial charge in [-0.1, -0.05) is 17.4 Å². The van der Waals surface area contributed by atoms with Gasteiger partial charge in [-0.25, -0.2) is 24.5 Å². The first-order chi connectivity index (χ1) is 17.8. The lowest BCUT2D eigenvalue weighted by atomic mass is 9.89. The molecule has 5 rings (SSSR count). The van der Waals surface area contributed by atoms with Crippen LogP contribution in [-0.2, 0) is 4.79 Å². The fraction of sp³-hybridized carbons (Fsp3) is 0.308. The van der Waals surface area contributed by atoms with Crippen molar-refractivity contribution < 1.29 is 14.7 Å². The van der Waals surface area contributed by atoms with Crippen LogP contribution in [0.2, 0.25) is 0 Å². The number of fused-ring (bicyclic) bond motifs is 1. The third kappa shape index (κ3) is 4.46. The summed E-state index contributed by atoms with van der Waals surface area (Å²) in [5, 5.41) is 10.4. The summed E-state index contributed by atoms with van der Waals surface area (Å²) in [6.07, 6.45) is 7.44. The summed E-state index contributed by atoms with van der Waals surface area (Å²) in [7, 11) is 0. The molecule has 0 bridgehead atoms. The molecule has 1 unspecified atom stereocenters. The Morgan fingerprint density at radius 1 is 1.16 bits per heavy atom. The van der Waals surface area contributed by atoms with Gasteiger partial charge in [0.1, 0.15) is 5.54 Å². The summed E-state index contributed by atoms with van der Waals surface area (Å²) in [5.41, 5.74) is 8.47. The second kappa shape index (κ2) is 9.74. The van der Waals surface area contributed by atoms with Crippen molar-refractivity contribution in [3.63, 3.8) is 0 Å².